The van der Waals surface area contributed by atoms with Gasteiger partial charge in [0.15, 0.2) is 11.4 Å². The molecule has 8 rings (SSSR count). The maximum atomic E-state index is 14.1. The summed E-state index contributed by atoms with van der Waals surface area (Å²) in [6.45, 7) is 4.80. The lowest BCUT2D eigenvalue weighted by Gasteiger charge is -2.43. The molecule has 3 saturated heterocycles. The lowest BCUT2D eigenvalue weighted by molar-refractivity contribution is -0.120. The highest BCUT2D eigenvalue weighted by molar-refractivity contribution is 6.05. The molecule has 20 heteroatoms. The molecule has 4 amide bonds. The van der Waals surface area contributed by atoms with Crippen molar-refractivity contribution in [3.8, 4) is 11.5 Å². The molecule has 1 unspecified atom stereocenters. The maximum Gasteiger partial charge on any atom is 0.405 e. The van der Waals surface area contributed by atoms with E-state index in [0.29, 0.717) is 18.6 Å². The Morgan fingerprint density at radius 2 is 1.59 bits per heavy atom. The first kappa shape index (κ1) is 40.2. The summed E-state index contributed by atoms with van der Waals surface area (Å²) in [5.74, 6) is -1.20. The van der Waals surface area contributed by atoms with E-state index in [-0.39, 0.29) is 47.0 Å². The van der Waals surface area contributed by atoms with Crippen molar-refractivity contribution in [1.82, 2.24) is 34.9 Å². The van der Waals surface area contributed by atoms with Gasteiger partial charge in [0.2, 0.25) is 11.8 Å². The predicted molar refractivity (Wildman–Crippen MR) is 206 cm³/mol. The molecule has 1 saturated carbocycles. The quantitative estimate of drug-likeness (QED) is 0.154. The highest BCUT2D eigenvalue weighted by Gasteiger charge is 2.35. The molecule has 0 spiro atoms. The van der Waals surface area contributed by atoms with E-state index >= 15 is 0 Å². The van der Waals surface area contributed by atoms with Gasteiger partial charge >= 0.3 is 12.2 Å². The van der Waals surface area contributed by atoms with E-state index in [1.54, 1.807) is 4.90 Å². The van der Waals surface area contributed by atoms with Gasteiger partial charge in [0.25, 0.3) is 12.3 Å². The molecule has 0 radical (unpaired) electrons. The number of pyridine rings is 1. The lowest BCUT2D eigenvalue weighted by Crippen LogP contribution is -2.54. The van der Waals surface area contributed by atoms with Crippen LogP contribution in [0.15, 0.2) is 59.5 Å². The number of aromatic nitrogens is 4. The van der Waals surface area contributed by atoms with Gasteiger partial charge in [-0.2, -0.15) is 18.3 Å². The van der Waals surface area contributed by atoms with Crippen LogP contribution in [0.5, 0.6) is 0 Å². The van der Waals surface area contributed by atoms with E-state index in [0.717, 1.165) is 89.0 Å². The van der Waals surface area contributed by atoms with Crippen LogP contribution < -0.4 is 25.8 Å². The van der Waals surface area contributed by atoms with E-state index in [1.807, 2.05) is 24.3 Å². The molecule has 3 aliphatic heterocycles. The summed E-state index contributed by atoms with van der Waals surface area (Å²) in [6.07, 6.45) is 0.968. The zero-order valence-electron chi connectivity index (χ0n) is 32.0. The molecular weight excluding hydrogens is 781 g/mol. The maximum absolute atomic E-state index is 14.1. The molecule has 4 fully saturated rings. The summed E-state index contributed by atoms with van der Waals surface area (Å²) in [5, 5.41) is 11.2. The fourth-order valence-electron chi connectivity index (χ4n) is 8.48. The largest absolute Gasteiger partial charge is 0.444 e. The number of oxazole rings is 1. The normalized spacial score (nSPS) is 22.2. The van der Waals surface area contributed by atoms with E-state index in [2.05, 4.69) is 45.7 Å². The Bertz CT molecular complexity index is 2130. The third-order valence-corrected chi connectivity index (χ3v) is 11.6. The number of alkyl halides is 5. The number of imide groups is 1. The summed E-state index contributed by atoms with van der Waals surface area (Å²) in [4.78, 5) is 53.9. The van der Waals surface area contributed by atoms with Gasteiger partial charge < -0.3 is 20.0 Å². The van der Waals surface area contributed by atoms with Gasteiger partial charge in [-0.05, 0) is 68.5 Å². The molecule has 3 aromatic heterocycles. The fourth-order valence-corrected chi connectivity index (χ4v) is 8.48. The van der Waals surface area contributed by atoms with Crippen LogP contribution in [0, 0.1) is 0 Å². The summed E-state index contributed by atoms with van der Waals surface area (Å²) in [7, 11) is 0. The summed E-state index contributed by atoms with van der Waals surface area (Å²) < 4.78 is 73.0. The van der Waals surface area contributed by atoms with Crippen LogP contribution in [0.1, 0.15) is 67.2 Å². The molecule has 1 aromatic carbocycles. The van der Waals surface area contributed by atoms with Crippen molar-refractivity contribution < 1.29 is 40.8 Å². The monoisotopic (exact) mass is 825 g/mol. The van der Waals surface area contributed by atoms with Gasteiger partial charge in [-0.1, -0.05) is 0 Å². The minimum atomic E-state index is -4.45. The number of halogens is 5. The average molecular weight is 826 g/mol. The number of carbonyl (C=O) groups is 3. The number of anilines is 4. The molecule has 0 bridgehead atoms. The van der Waals surface area contributed by atoms with Crippen molar-refractivity contribution in [1.29, 1.82) is 0 Å². The zero-order chi connectivity index (χ0) is 41.3. The molecule has 15 nitrogen and oxygen atoms in total. The first-order valence-electron chi connectivity index (χ1n) is 19.7. The summed E-state index contributed by atoms with van der Waals surface area (Å²) >= 11 is 0. The number of benzene rings is 1. The van der Waals surface area contributed by atoms with Crippen molar-refractivity contribution >= 4 is 40.7 Å². The van der Waals surface area contributed by atoms with E-state index in [9.17, 15) is 36.3 Å². The number of nitrogens with zero attached hydrogens (tertiary/aromatic N) is 8. The molecule has 1 atom stereocenters. The van der Waals surface area contributed by atoms with Gasteiger partial charge in [-0.25, -0.2) is 23.5 Å². The van der Waals surface area contributed by atoms with Crippen LogP contribution in [-0.2, 0) is 4.79 Å². The van der Waals surface area contributed by atoms with Crippen LogP contribution in [0.4, 0.5) is 49.6 Å². The lowest BCUT2D eigenvalue weighted by atomic mass is 9.90. The number of carbonyl (C=O) groups excluding carboxylic acids is 3. The molecule has 4 aromatic rings. The van der Waals surface area contributed by atoms with Gasteiger partial charge in [0, 0.05) is 93.6 Å². The van der Waals surface area contributed by atoms with E-state index < -0.39 is 36.8 Å². The Morgan fingerprint density at radius 1 is 0.898 bits per heavy atom. The Kier molecular flexibility index (Phi) is 11.5. The van der Waals surface area contributed by atoms with Gasteiger partial charge in [-0.15, -0.1) is 0 Å². The number of urea groups is 1. The Hall–Kier alpha value is -5.63. The second-order valence-corrected chi connectivity index (χ2v) is 15.3. The van der Waals surface area contributed by atoms with Crippen molar-refractivity contribution in [3.05, 3.63) is 66.4 Å². The molecule has 314 valence electrons. The number of piperazine rings is 1. The smallest absolute Gasteiger partial charge is 0.405 e. The van der Waals surface area contributed by atoms with Crippen LogP contribution in [0.25, 0.3) is 11.5 Å². The molecule has 6 heterocycles. The molecule has 4 aliphatic rings. The SMILES string of the molecule is O=C1CCN(c2ccc(N3CCC(N4CCN(C5CCC(n6cc(NC(=O)c7coc(-c8ccnc(NCC(F)(F)F)c8)n7)c(C(F)F)n6)CC5)CC4)C3)cc2)C(=O)N1. The Labute approximate surface area is 335 Å². The fraction of sp³-hybridized carbons (Fsp3) is 0.487. The number of nitrogens with one attached hydrogen (secondary N) is 3. The van der Waals surface area contributed by atoms with Gasteiger partial charge in [-0.3, -0.25) is 34.3 Å². The number of hydrogen-bond acceptors (Lipinski definition) is 11. The van der Waals surface area contributed by atoms with Crippen molar-refractivity contribution in [3.63, 3.8) is 0 Å². The van der Waals surface area contributed by atoms with Crippen molar-refractivity contribution in [2.24, 2.45) is 0 Å². The molecular formula is C39H44F5N11O4. The minimum absolute atomic E-state index is 0.0628. The standard InChI is InChI=1S/C39H44F5N11O4/c40-35(41)34-30(47-36(57)31-22-59-37(48-31)24-9-12-45-32(19-24)46-23-39(42,43)44)21-55(50-34)28-7-3-25(4-8-28)51-15-17-52(18-16-51)29-10-13-53(20-29)26-1-5-27(6-2-26)54-14-11-33(56)49-38(54)58/h1-2,5-6,9,12,19,21-22,25,28-29,35H,3-4,7-8,10-11,13-18,20,23H2,(H,45,46)(H,47,57)(H,49,56,58). The Morgan fingerprint density at radius 3 is 2.29 bits per heavy atom. The van der Waals surface area contributed by atoms with Crippen molar-refractivity contribution in [2.45, 2.75) is 69.3 Å². The minimum Gasteiger partial charge on any atom is -0.444 e. The first-order chi connectivity index (χ1) is 28.4. The number of rotatable bonds is 11. The van der Waals surface area contributed by atoms with Crippen LogP contribution in [0.2, 0.25) is 0 Å². The van der Waals surface area contributed by atoms with Gasteiger partial charge in [0.1, 0.15) is 18.6 Å². The van der Waals surface area contributed by atoms with Crippen molar-refractivity contribution in [2.75, 3.05) is 72.8 Å². The number of hydrogen-bond donors (Lipinski definition) is 3. The zero-order valence-corrected chi connectivity index (χ0v) is 32.0. The van der Waals surface area contributed by atoms with Gasteiger partial charge in [0.05, 0.1) is 11.7 Å². The summed E-state index contributed by atoms with van der Waals surface area (Å²) in [5.41, 5.74) is 1.24. The predicted octanol–water partition coefficient (Wildman–Crippen LogP) is 5.92. The highest BCUT2D eigenvalue weighted by atomic mass is 19.4. The van der Waals surface area contributed by atoms with E-state index in [4.69, 9.17) is 4.42 Å². The van der Waals surface area contributed by atoms with Crippen LogP contribution >= 0.6 is 0 Å². The second kappa shape index (κ2) is 16.9. The Balaban J connectivity index is 0.804. The van der Waals surface area contributed by atoms with Crippen LogP contribution in [0.3, 0.4) is 0 Å². The number of amides is 4. The molecule has 3 N–H and O–H groups in total. The van der Waals surface area contributed by atoms with Crippen LogP contribution in [-0.4, -0.2) is 118 Å². The topological polar surface area (TPSA) is 157 Å². The second-order valence-electron chi connectivity index (χ2n) is 15.3. The average Bonchev–Trinajstić information content (AvgIpc) is 4.02. The molecule has 59 heavy (non-hydrogen) atoms. The van der Waals surface area contributed by atoms with E-state index in [1.165, 1.54) is 29.2 Å². The summed E-state index contributed by atoms with van der Waals surface area (Å²) in [6, 6.07) is 11.0. The highest BCUT2D eigenvalue weighted by Crippen LogP contribution is 2.35. The first-order valence-corrected chi connectivity index (χ1v) is 19.7. The third kappa shape index (κ3) is 9.32. The third-order valence-electron chi connectivity index (χ3n) is 11.6. The molecule has 1 aliphatic carbocycles.